The lowest BCUT2D eigenvalue weighted by Gasteiger charge is -2.53. The molecule has 4 saturated heterocycles. The van der Waals surface area contributed by atoms with Gasteiger partial charge in [-0.05, 0) is 78.3 Å². The van der Waals surface area contributed by atoms with Crippen molar-refractivity contribution in [1.82, 2.24) is 0 Å². The zero-order valence-corrected chi connectivity index (χ0v) is 43.2. The predicted molar refractivity (Wildman–Crippen MR) is 265 cm³/mol. The number of hydrogen-bond donors (Lipinski definition) is 0. The molecular formula is C55H74O9Si2. The molecule has 4 fully saturated rings. The maximum atomic E-state index is 12.9. The molecule has 356 valence electrons. The second kappa shape index (κ2) is 19.1. The molecule has 8 rings (SSSR count). The molecule has 0 aromatic heterocycles. The third-order valence-corrected chi connectivity index (χ3v) is 24.2. The lowest BCUT2D eigenvalue weighted by atomic mass is 9.88. The summed E-state index contributed by atoms with van der Waals surface area (Å²) in [5, 5.41) is 4.12. The van der Waals surface area contributed by atoms with Crippen LogP contribution < -0.4 is 20.7 Å². The van der Waals surface area contributed by atoms with Crippen molar-refractivity contribution >= 4 is 43.4 Å². The Hall–Kier alpha value is -3.50. The van der Waals surface area contributed by atoms with Crippen LogP contribution in [0.3, 0.4) is 0 Å². The largest absolute Gasteiger partial charge is 0.465 e. The molecule has 0 aliphatic carbocycles. The molecule has 0 spiro atoms. The van der Waals surface area contributed by atoms with Gasteiger partial charge in [0.05, 0.1) is 43.0 Å². The van der Waals surface area contributed by atoms with Gasteiger partial charge in [0, 0.05) is 12.8 Å². The average molecular weight is 935 g/mol. The lowest BCUT2D eigenvalue weighted by molar-refractivity contribution is -0.256. The number of benzene rings is 4. The molecule has 4 aromatic carbocycles. The summed E-state index contributed by atoms with van der Waals surface area (Å²) in [7, 11) is -6.35. The Kier molecular flexibility index (Phi) is 14.2. The number of esters is 1. The highest BCUT2D eigenvalue weighted by atomic mass is 28.4. The smallest absolute Gasteiger partial charge is 0.311 e. The van der Waals surface area contributed by atoms with Gasteiger partial charge in [0.15, 0.2) is 5.79 Å². The van der Waals surface area contributed by atoms with Crippen molar-refractivity contribution in [2.75, 3.05) is 13.2 Å². The zero-order valence-electron chi connectivity index (χ0n) is 41.2. The van der Waals surface area contributed by atoms with Gasteiger partial charge in [0.1, 0.15) is 30.5 Å². The normalized spacial score (nSPS) is 28.1. The minimum atomic E-state index is -3.20. The van der Waals surface area contributed by atoms with E-state index in [0.717, 1.165) is 12.8 Å². The van der Waals surface area contributed by atoms with E-state index in [1.807, 2.05) is 34.6 Å². The van der Waals surface area contributed by atoms with Gasteiger partial charge in [-0.3, -0.25) is 4.79 Å². The van der Waals surface area contributed by atoms with Gasteiger partial charge in [-0.15, -0.1) is 0 Å². The van der Waals surface area contributed by atoms with E-state index in [-0.39, 0.29) is 41.0 Å². The molecule has 4 aliphatic rings. The van der Waals surface area contributed by atoms with Crippen molar-refractivity contribution in [2.45, 2.75) is 173 Å². The Bertz CT molecular complexity index is 2120. The fourth-order valence-corrected chi connectivity index (χ4v) is 20.4. The molecule has 4 aliphatic heterocycles. The summed E-state index contributed by atoms with van der Waals surface area (Å²) >= 11 is 0. The first-order chi connectivity index (χ1) is 31.2. The minimum absolute atomic E-state index is 0.169. The van der Waals surface area contributed by atoms with Crippen molar-refractivity contribution in [3.63, 3.8) is 0 Å². The summed E-state index contributed by atoms with van der Waals surface area (Å²) in [6, 6.07) is 43.2. The first-order valence-electron chi connectivity index (χ1n) is 24.3. The molecule has 11 heteroatoms. The summed E-state index contributed by atoms with van der Waals surface area (Å²) in [6.45, 7) is 24.2. The summed E-state index contributed by atoms with van der Waals surface area (Å²) in [5.41, 5.74) is -0.589. The van der Waals surface area contributed by atoms with Crippen LogP contribution in [0.1, 0.15) is 102 Å². The van der Waals surface area contributed by atoms with Crippen LogP contribution in [-0.4, -0.2) is 96.5 Å². The van der Waals surface area contributed by atoms with E-state index in [2.05, 4.69) is 163 Å². The third kappa shape index (κ3) is 9.71. The molecule has 66 heavy (non-hydrogen) atoms. The van der Waals surface area contributed by atoms with Crippen molar-refractivity contribution in [3.8, 4) is 0 Å². The number of hydrogen-bond acceptors (Lipinski definition) is 9. The van der Waals surface area contributed by atoms with E-state index >= 15 is 0 Å². The van der Waals surface area contributed by atoms with Gasteiger partial charge >= 0.3 is 5.97 Å². The summed E-state index contributed by atoms with van der Waals surface area (Å²) < 4.78 is 57.3. The number of fused-ring (bicyclic) bond motifs is 2. The highest BCUT2D eigenvalue weighted by molar-refractivity contribution is 7.00. The van der Waals surface area contributed by atoms with E-state index in [9.17, 15) is 4.79 Å². The number of rotatable bonds is 13. The van der Waals surface area contributed by atoms with E-state index in [4.69, 9.17) is 37.3 Å². The second-order valence-corrected chi connectivity index (χ2v) is 30.9. The Labute approximate surface area is 396 Å². The molecule has 9 atom stereocenters. The van der Waals surface area contributed by atoms with E-state index in [0.29, 0.717) is 19.4 Å². The van der Waals surface area contributed by atoms with Gasteiger partial charge < -0.3 is 37.3 Å². The van der Waals surface area contributed by atoms with Crippen LogP contribution >= 0.6 is 0 Å². The number of ether oxygens (including phenoxy) is 6. The highest BCUT2D eigenvalue weighted by Gasteiger charge is 2.65. The SMILES string of the molecule is CC1(C)OCC(C[C@H]2O[C@H]3[C@@H](O[Si](c4ccccc4)(c4ccccc4)C(C)(C)C)[C@H]4O[C@@H](CCOC(=O)C(C)(C)C)CC[C@@H]4O[C@H]3[C@H]2O[Si](c2ccccc2)(c2ccccc2)C(C)(C)C)O1. The zero-order chi connectivity index (χ0) is 47.1. The summed E-state index contributed by atoms with van der Waals surface area (Å²) in [4.78, 5) is 12.9. The number of carbonyl (C=O) groups excluding carboxylic acids is 1. The average Bonchev–Trinajstić information content (AvgIpc) is 3.80. The molecule has 0 N–H and O–H groups in total. The van der Waals surface area contributed by atoms with Crippen molar-refractivity contribution in [2.24, 2.45) is 5.41 Å². The van der Waals surface area contributed by atoms with Crippen LogP contribution in [0.15, 0.2) is 121 Å². The summed E-state index contributed by atoms with van der Waals surface area (Å²) in [5.74, 6) is -0.931. The van der Waals surface area contributed by atoms with E-state index < -0.39 is 64.5 Å². The van der Waals surface area contributed by atoms with E-state index in [1.165, 1.54) is 20.7 Å². The molecule has 0 amide bonds. The van der Waals surface area contributed by atoms with Gasteiger partial charge in [0.25, 0.3) is 16.6 Å². The van der Waals surface area contributed by atoms with Crippen molar-refractivity contribution in [3.05, 3.63) is 121 Å². The molecule has 0 bridgehead atoms. The Morgan fingerprint density at radius 2 is 1.05 bits per heavy atom. The maximum absolute atomic E-state index is 12.9. The fraction of sp³-hybridized carbons (Fsp3) is 0.545. The van der Waals surface area contributed by atoms with Gasteiger partial charge in [-0.2, -0.15) is 0 Å². The van der Waals surface area contributed by atoms with Crippen LogP contribution in [0.25, 0.3) is 0 Å². The number of carbonyl (C=O) groups is 1. The highest BCUT2D eigenvalue weighted by Crippen LogP contribution is 2.49. The van der Waals surface area contributed by atoms with Gasteiger partial charge in [0.2, 0.25) is 0 Å². The first kappa shape index (κ1) is 48.9. The fourth-order valence-electron chi connectivity index (χ4n) is 11.0. The quantitative estimate of drug-likeness (QED) is 0.0968. The van der Waals surface area contributed by atoms with Crippen LogP contribution in [-0.2, 0) is 42.1 Å². The minimum Gasteiger partial charge on any atom is -0.465 e. The molecule has 0 radical (unpaired) electrons. The third-order valence-electron chi connectivity index (χ3n) is 14.1. The van der Waals surface area contributed by atoms with Crippen LogP contribution in [0.4, 0.5) is 0 Å². The summed E-state index contributed by atoms with van der Waals surface area (Å²) in [6.07, 6.45) is -1.07. The molecule has 9 nitrogen and oxygen atoms in total. The molecule has 4 aromatic rings. The monoisotopic (exact) mass is 934 g/mol. The van der Waals surface area contributed by atoms with E-state index in [1.54, 1.807) is 0 Å². The molecule has 1 unspecified atom stereocenters. The first-order valence-corrected chi connectivity index (χ1v) is 28.1. The second-order valence-electron chi connectivity index (χ2n) is 22.4. The standard InChI is InChI=1S/C55H74O9Si2/c1-52(2,3)51(56)57-35-34-38-32-33-44-46(59-38)50(64-66(54(7,8)9,42-28-20-14-21-29-42)43-30-22-15-23-31-43)49-48(60-44)47(45(61-49)36-39-37-58-55(10,11)62-39)63-65(53(4,5)6,40-24-16-12-17-25-40)41-26-18-13-19-27-41/h12-31,38-39,44-50H,32-37H2,1-11H3/t38-,39?,44+,45-,46+,47+,48+,49-,50+/m1/s1. The Morgan fingerprint density at radius 3 is 1.47 bits per heavy atom. The van der Waals surface area contributed by atoms with Crippen LogP contribution in [0.5, 0.6) is 0 Å². The predicted octanol–water partition coefficient (Wildman–Crippen LogP) is 8.48. The van der Waals surface area contributed by atoms with Gasteiger partial charge in [-0.1, -0.05) is 163 Å². The maximum Gasteiger partial charge on any atom is 0.311 e. The Morgan fingerprint density at radius 1 is 0.591 bits per heavy atom. The van der Waals surface area contributed by atoms with Crippen molar-refractivity contribution in [1.29, 1.82) is 0 Å². The van der Waals surface area contributed by atoms with Crippen LogP contribution in [0, 0.1) is 5.41 Å². The van der Waals surface area contributed by atoms with Crippen molar-refractivity contribution < 1.29 is 42.1 Å². The molecule has 0 saturated carbocycles. The lowest BCUT2D eigenvalue weighted by Crippen LogP contribution is -2.73. The van der Waals surface area contributed by atoms with Gasteiger partial charge in [-0.25, -0.2) is 0 Å². The molecule has 4 heterocycles. The molecular weight excluding hydrogens is 861 g/mol. The Balaban J connectivity index is 1.27. The topological polar surface area (TPSA) is 90.9 Å². The van der Waals surface area contributed by atoms with Crippen LogP contribution in [0.2, 0.25) is 10.1 Å².